The summed E-state index contributed by atoms with van der Waals surface area (Å²) in [5.74, 6) is 0.325. The van der Waals surface area contributed by atoms with E-state index in [2.05, 4.69) is 25.1 Å². The van der Waals surface area contributed by atoms with Crippen LogP contribution in [-0.4, -0.2) is 5.54 Å². The van der Waals surface area contributed by atoms with Crippen LogP contribution in [0.3, 0.4) is 0 Å². The fourth-order valence-corrected chi connectivity index (χ4v) is 1.58. The van der Waals surface area contributed by atoms with Crippen molar-refractivity contribution in [2.75, 3.05) is 0 Å². The number of hydrogen-bond donors (Lipinski definition) is 1. The number of nitrogens with two attached hydrogens (primary N) is 1. The van der Waals surface area contributed by atoms with Crippen molar-refractivity contribution < 1.29 is 0 Å². The molecule has 0 aromatic heterocycles. The minimum atomic E-state index is -0.727. The fraction of sp³-hybridized carbons (Fsp3) is 0.417. The highest BCUT2D eigenvalue weighted by Gasteiger charge is 2.21. The Hall–Kier alpha value is -1.33. The lowest BCUT2D eigenvalue weighted by Crippen LogP contribution is -2.35. The molecule has 0 fully saturated rings. The summed E-state index contributed by atoms with van der Waals surface area (Å²) >= 11 is 0. The standard InChI is InChI=1S/C12H16N2/c1-10(8-12(2,14)9-13)11-6-4-3-5-7-11/h3-7,10H,8,14H2,1-2H3/t10-,12+/m0/s1. The van der Waals surface area contributed by atoms with Gasteiger partial charge in [0.1, 0.15) is 5.54 Å². The zero-order valence-electron chi connectivity index (χ0n) is 8.70. The number of nitriles is 1. The Morgan fingerprint density at radius 2 is 2.00 bits per heavy atom. The minimum Gasteiger partial charge on any atom is -0.314 e. The van der Waals surface area contributed by atoms with Crippen LogP contribution in [0.4, 0.5) is 0 Å². The summed E-state index contributed by atoms with van der Waals surface area (Å²) in [4.78, 5) is 0. The molecule has 0 aliphatic heterocycles. The Kier molecular flexibility index (Phi) is 3.27. The van der Waals surface area contributed by atoms with Gasteiger partial charge in [-0.15, -0.1) is 0 Å². The maximum absolute atomic E-state index is 8.81. The van der Waals surface area contributed by atoms with Crippen LogP contribution in [-0.2, 0) is 0 Å². The molecule has 0 spiro atoms. The summed E-state index contributed by atoms with van der Waals surface area (Å²) in [6.07, 6.45) is 0.688. The number of benzene rings is 1. The highest BCUT2D eigenvalue weighted by Crippen LogP contribution is 2.23. The minimum absolute atomic E-state index is 0.325. The first-order chi connectivity index (χ1) is 6.55. The lowest BCUT2D eigenvalue weighted by Gasteiger charge is -2.20. The van der Waals surface area contributed by atoms with Crippen molar-refractivity contribution in [3.05, 3.63) is 35.9 Å². The molecule has 2 nitrogen and oxygen atoms in total. The molecule has 2 atom stereocenters. The van der Waals surface area contributed by atoms with Crippen LogP contribution < -0.4 is 5.73 Å². The van der Waals surface area contributed by atoms with Crippen LogP contribution in [0.5, 0.6) is 0 Å². The normalized spacial score (nSPS) is 16.7. The van der Waals surface area contributed by atoms with E-state index in [0.29, 0.717) is 12.3 Å². The van der Waals surface area contributed by atoms with E-state index < -0.39 is 5.54 Å². The molecule has 0 radical (unpaired) electrons. The molecule has 2 N–H and O–H groups in total. The van der Waals surface area contributed by atoms with E-state index in [0.717, 1.165) is 0 Å². The van der Waals surface area contributed by atoms with E-state index in [1.807, 2.05) is 18.2 Å². The van der Waals surface area contributed by atoms with Crippen LogP contribution in [0.15, 0.2) is 30.3 Å². The van der Waals surface area contributed by atoms with Gasteiger partial charge in [0, 0.05) is 0 Å². The van der Waals surface area contributed by atoms with Gasteiger partial charge < -0.3 is 5.73 Å². The van der Waals surface area contributed by atoms with Gasteiger partial charge in [-0.05, 0) is 24.8 Å². The molecule has 0 aliphatic carbocycles. The third kappa shape index (κ3) is 2.86. The monoisotopic (exact) mass is 188 g/mol. The van der Waals surface area contributed by atoms with Gasteiger partial charge in [-0.1, -0.05) is 37.3 Å². The third-order valence-electron chi connectivity index (χ3n) is 2.35. The first-order valence-electron chi connectivity index (χ1n) is 4.80. The molecule has 1 aromatic rings. The van der Waals surface area contributed by atoms with Gasteiger partial charge in [-0.25, -0.2) is 0 Å². The summed E-state index contributed by atoms with van der Waals surface area (Å²) in [6.45, 7) is 3.87. The summed E-state index contributed by atoms with van der Waals surface area (Å²) in [6, 6.07) is 12.3. The molecule has 1 aromatic carbocycles. The maximum Gasteiger partial charge on any atom is 0.102 e. The smallest absolute Gasteiger partial charge is 0.102 e. The first-order valence-corrected chi connectivity index (χ1v) is 4.80. The predicted molar refractivity (Wildman–Crippen MR) is 57.7 cm³/mol. The maximum atomic E-state index is 8.81. The second-order valence-electron chi connectivity index (χ2n) is 4.05. The highest BCUT2D eigenvalue weighted by molar-refractivity contribution is 5.20. The molecule has 0 saturated heterocycles. The Bertz CT molecular complexity index is 322. The molecule has 0 unspecified atom stereocenters. The van der Waals surface area contributed by atoms with E-state index in [1.165, 1.54) is 5.56 Å². The van der Waals surface area contributed by atoms with E-state index in [4.69, 9.17) is 11.0 Å². The molecular weight excluding hydrogens is 172 g/mol. The van der Waals surface area contributed by atoms with E-state index in [9.17, 15) is 0 Å². The molecule has 2 heteroatoms. The molecular formula is C12H16N2. The third-order valence-corrected chi connectivity index (χ3v) is 2.35. The number of rotatable bonds is 3. The average molecular weight is 188 g/mol. The van der Waals surface area contributed by atoms with Gasteiger partial charge in [0.15, 0.2) is 0 Å². The topological polar surface area (TPSA) is 49.8 Å². The molecule has 0 bridgehead atoms. The Labute approximate surface area is 85.4 Å². The lowest BCUT2D eigenvalue weighted by atomic mass is 9.87. The second-order valence-corrected chi connectivity index (χ2v) is 4.05. The van der Waals surface area contributed by atoms with Crippen LogP contribution in [0.25, 0.3) is 0 Å². The van der Waals surface area contributed by atoms with Gasteiger partial charge in [0.25, 0.3) is 0 Å². The Balaban J connectivity index is 2.70. The van der Waals surface area contributed by atoms with Crippen LogP contribution in [0, 0.1) is 11.3 Å². The quantitative estimate of drug-likeness (QED) is 0.792. The van der Waals surface area contributed by atoms with Crippen molar-refractivity contribution in [2.45, 2.75) is 31.7 Å². The van der Waals surface area contributed by atoms with Crippen molar-refractivity contribution in [1.29, 1.82) is 5.26 Å². The summed E-state index contributed by atoms with van der Waals surface area (Å²) < 4.78 is 0. The zero-order chi connectivity index (χ0) is 10.6. The van der Waals surface area contributed by atoms with Gasteiger partial charge in [0.05, 0.1) is 6.07 Å². The molecule has 0 saturated carbocycles. The molecule has 74 valence electrons. The van der Waals surface area contributed by atoms with Gasteiger partial charge in [-0.2, -0.15) is 5.26 Å². The molecule has 1 rings (SSSR count). The van der Waals surface area contributed by atoms with Crippen molar-refractivity contribution in [2.24, 2.45) is 5.73 Å². The predicted octanol–water partition coefficient (Wildman–Crippen LogP) is 2.42. The van der Waals surface area contributed by atoms with E-state index in [1.54, 1.807) is 6.92 Å². The largest absolute Gasteiger partial charge is 0.314 e. The molecule has 14 heavy (non-hydrogen) atoms. The van der Waals surface area contributed by atoms with Gasteiger partial charge in [-0.3, -0.25) is 0 Å². The summed E-state index contributed by atoms with van der Waals surface area (Å²) in [7, 11) is 0. The number of nitrogens with zero attached hydrogens (tertiary/aromatic N) is 1. The lowest BCUT2D eigenvalue weighted by molar-refractivity contribution is 0.495. The first kappa shape index (κ1) is 10.7. The SMILES string of the molecule is C[C@@H](C[C@@](C)(N)C#N)c1ccccc1. The van der Waals surface area contributed by atoms with Crippen molar-refractivity contribution in [3.63, 3.8) is 0 Å². The second kappa shape index (κ2) is 4.26. The van der Waals surface area contributed by atoms with Crippen LogP contribution in [0.2, 0.25) is 0 Å². The fourth-order valence-electron chi connectivity index (χ4n) is 1.58. The van der Waals surface area contributed by atoms with Crippen molar-refractivity contribution >= 4 is 0 Å². The van der Waals surface area contributed by atoms with E-state index >= 15 is 0 Å². The molecule has 0 aliphatic rings. The molecule has 0 heterocycles. The van der Waals surface area contributed by atoms with Crippen molar-refractivity contribution in [3.8, 4) is 6.07 Å². The van der Waals surface area contributed by atoms with Gasteiger partial charge in [0.2, 0.25) is 0 Å². The van der Waals surface area contributed by atoms with Crippen molar-refractivity contribution in [1.82, 2.24) is 0 Å². The number of hydrogen-bond acceptors (Lipinski definition) is 2. The summed E-state index contributed by atoms with van der Waals surface area (Å²) in [5.41, 5.74) is 6.30. The highest BCUT2D eigenvalue weighted by atomic mass is 14.7. The summed E-state index contributed by atoms with van der Waals surface area (Å²) in [5, 5.41) is 8.81. The zero-order valence-corrected chi connectivity index (χ0v) is 8.70. The Morgan fingerprint density at radius 3 is 2.50 bits per heavy atom. The Morgan fingerprint density at radius 1 is 1.43 bits per heavy atom. The van der Waals surface area contributed by atoms with Crippen LogP contribution in [0.1, 0.15) is 31.7 Å². The van der Waals surface area contributed by atoms with Crippen LogP contribution >= 0.6 is 0 Å². The van der Waals surface area contributed by atoms with Gasteiger partial charge >= 0.3 is 0 Å². The van der Waals surface area contributed by atoms with E-state index in [-0.39, 0.29) is 0 Å². The average Bonchev–Trinajstić information content (AvgIpc) is 2.19. The molecule has 0 amide bonds.